The van der Waals surface area contributed by atoms with E-state index in [-0.39, 0.29) is 5.97 Å². The second-order valence-electron chi connectivity index (χ2n) is 6.27. The molecule has 0 saturated carbocycles. The maximum atomic E-state index is 12.5. The van der Waals surface area contributed by atoms with E-state index in [0.29, 0.717) is 31.1 Å². The molecule has 0 saturated heterocycles. The van der Waals surface area contributed by atoms with Crippen LogP contribution >= 0.6 is 0 Å². The molecule has 0 fully saturated rings. The Balaban J connectivity index is 1.75. The first-order chi connectivity index (χ1) is 13.8. The van der Waals surface area contributed by atoms with Crippen molar-refractivity contribution in [1.29, 1.82) is 0 Å². The van der Waals surface area contributed by atoms with Crippen LogP contribution in [0.2, 0.25) is 0 Å². The number of para-hydroxylation sites is 2. The second-order valence-corrected chi connectivity index (χ2v) is 6.27. The molecule has 1 atom stereocenters. The van der Waals surface area contributed by atoms with Gasteiger partial charge in [-0.2, -0.15) is 0 Å². The number of esters is 1. The zero-order valence-corrected chi connectivity index (χ0v) is 15.9. The molecule has 3 rings (SSSR count). The number of benzene rings is 3. The molecule has 3 aromatic rings. The predicted molar refractivity (Wildman–Crippen MR) is 108 cm³/mol. The number of hydrogen-bond donors (Lipinski definition) is 0. The van der Waals surface area contributed by atoms with Crippen molar-refractivity contribution in [1.82, 2.24) is 0 Å². The lowest BCUT2D eigenvalue weighted by Gasteiger charge is -2.20. The fourth-order valence-electron chi connectivity index (χ4n) is 2.79. The van der Waals surface area contributed by atoms with Crippen molar-refractivity contribution < 1.29 is 19.0 Å². The minimum absolute atomic E-state index is 0.305. The Morgan fingerprint density at radius 1 is 0.786 bits per heavy atom. The summed E-state index contributed by atoms with van der Waals surface area (Å²) in [5.41, 5.74) is 2.06. The van der Waals surface area contributed by atoms with Crippen molar-refractivity contribution in [3.63, 3.8) is 0 Å². The summed E-state index contributed by atoms with van der Waals surface area (Å²) in [6.07, 6.45) is -0.323. The van der Waals surface area contributed by atoms with Gasteiger partial charge in [-0.25, -0.2) is 4.79 Å². The fraction of sp³-hybridized carbons (Fsp3) is 0.208. The van der Waals surface area contributed by atoms with Crippen LogP contribution in [0.15, 0.2) is 84.9 Å². The summed E-state index contributed by atoms with van der Waals surface area (Å²) >= 11 is 0. The maximum Gasteiger partial charge on any atom is 0.347 e. The molecule has 0 aromatic heterocycles. The summed E-state index contributed by atoms with van der Waals surface area (Å²) in [5, 5.41) is 0. The Bertz CT molecular complexity index is 862. The lowest BCUT2D eigenvalue weighted by Crippen LogP contribution is -2.31. The molecule has 144 valence electrons. The number of carbonyl (C=O) groups is 1. The van der Waals surface area contributed by atoms with Gasteiger partial charge >= 0.3 is 5.97 Å². The fourth-order valence-corrected chi connectivity index (χ4v) is 2.79. The highest BCUT2D eigenvalue weighted by molar-refractivity contribution is 5.75. The summed E-state index contributed by atoms with van der Waals surface area (Å²) in [4.78, 5) is 12.5. The van der Waals surface area contributed by atoms with Crippen LogP contribution < -0.4 is 9.47 Å². The van der Waals surface area contributed by atoms with Gasteiger partial charge in [-0.1, -0.05) is 72.8 Å². The first kappa shape index (κ1) is 19.5. The normalized spacial score (nSPS) is 11.5. The van der Waals surface area contributed by atoms with Gasteiger partial charge < -0.3 is 14.2 Å². The lowest BCUT2D eigenvalue weighted by atomic mass is 10.1. The topological polar surface area (TPSA) is 44.8 Å². The van der Waals surface area contributed by atoms with E-state index in [0.717, 1.165) is 11.1 Å². The molecule has 0 aliphatic rings. The molecule has 0 radical (unpaired) electrons. The zero-order valence-electron chi connectivity index (χ0n) is 15.9. The summed E-state index contributed by atoms with van der Waals surface area (Å²) in [5.74, 6) is 0.727. The van der Waals surface area contributed by atoms with Gasteiger partial charge in [0.2, 0.25) is 0 Å². The van der Waals surface area contributed by atoms with Crippen molar-refractivity contribution in [3.05, 3.63) is 96.1 Å². The Hall–Kier alpha value is -3.27. The van der Waals surface area contributed by atoms with Gasteiger partial charge in [-0.15, -0.1) is 0 Å². The number of carbonyl (C=O) groups excluding carboxylic acids is 1. The number of ether oxygens (including phenoxy) is 3. The minimum Gasteiger partial charge on any atom is -0.485 e. The van der Waals surface area contributed by atoms with E-state index in [2.05, 4.69) is 0 Å². The van der Waals surface area contributed by atoms with Crippen molar-refractivity contribution in [2.75, 3.05) is 6.61 Å². The highest BCUT2D eigenvalue weighted by Crippen LogP contribution is 2.29. The number of hydrogen-bond acceptors (Lipinski definition) is 4. The van der Waals surface area contributed by atoms with E-state index in [9.17, 15) is 4.79 Å². The Morgan fingerprint density at radius 3 is 2.00 bits per heavy atom. The molecule has 0 bridgehead atoms. The third-order valence-electron chi connectivity index (χ3n) is 4.17. The van der Waals surface area contributed by atoms with Crippen molar-refractivity contribution >= 4 is 5.97 Å². The van der Waals surface area contributed by atoms with Crippen LogP contribution in [0.1, 0.15) is 18.1 Å². The SMILES string of the molecule is CCOC(=O)C(Cc1ccccc1)Oc1ccccc1OCc1ccccc1. The highest BCUT2D eigenvalue weighted by atomic mass is 16.6. The molecule has 0 heterocycles. The van der Waals surface area contributed by atoms with Gasteiger partial charge in [0.05, 0.1) is 6.61 Å². The summed E-state index contributed by atoms with van der Waals surface area (Å²) < 4.78 is 17.2. The molecule has 4 nitrogen and oxygen atoms in total. The quantitative estimate of drug-likeness (QED) is 0.502. The monoisotopic (exact) mass is 376 g/mol. The Morgan fingerprint density at radius 2 is 1.36 bits per heavy atom. The summed E-state index contributed by atoms with van der Waals surface area (Å²) in [6.45, 7) is 2.51. The van der Waals surface area contributed by atoms with Crippen LogP contribution in [-0.4, -0.2) is 18.7 Å². The van der Waals surface area contributed by atoms with E-state index in [1.807, 2.05) is 78.9 Å². The van der Waals surface area contributed by atoms with Gasteiger partial charge in [-0.3, -0.25) is 0 Å². The first-order valence-electron chi connectivity index (χ1n) is 9.39. The van der Waals surface area contributed by atoms with E-state index in [4.69, 9.17) is 14.2 Å². The molecule has 0 spiro atoms. The number of rotatable bonds is 9. The van der Waals surface area contributed by atoms with Crippen molar-refractivity contribution in [3.8, 4) is 11.5 Å². The molecule has 0 N–H and O–H groups in total. The van der Waals surface area contributed by atoms with Gasteiger partial charge in [0.25, 0.3) is 0 Å². The molecule has 0 amide bonds. The standard InChI is InChI=1S/C24H24O4/c1-2-26-24(25)23(17-19-11-5-3-6-12-19)28-22-16-10-9-15-21(22)27-18-20-13-7-4-8-14-20/h3-16,23H,2,17-18H2,1H3. The zero-order chi connectivity index (χ0) is 19.6. The molecule has 28 heavy (non-hydrogen) atoms. The molecule has 3 aromatic carbocycles. The minimum atomic E-state index is -0.746. The predicted octanol–water partition coefficient (Wildman–Crippen LogP) is 4.82. The molecule has 0 aliphatic carbocycles. The van der Waals surface area contributed by atoms with Crippen LogP contribution in [0.5, 0.6) is 11.5 Å². The largest absolute Gasteiger partial charge is 0.485 e. The Labute approximate surface area is 165 Å². The third-order valence-corrected chi connectivity index (χ3v) is 4.17. The van der Waals surface area contributed by atoms with Gasteiger partial charge in [0.1, 0.15) is 6.61 Å². The van der Waals surface area contributed by atoms with Gasteiger partial charge in [0.15, 0.2) is 17.6 Å². The van der Waals surface area contributed by atoms with Crippen LogP contribution in [0.3, 0.4) is 0 Å². The molecular weight excluding hydrogens is 352 g/mol. The Kier molecular flexibility index (Phi) is 7.08. The molecule has 1 unspecified atom stereocenters. The molecule has 4 heteroatoms. The third kappa shape index (κ3) is 5.61. The van der Waals surface area contributed by atoms with Crippen LogP contribution in [0, 0.1) is 0 Å². The van der Waals surface area contributed by atoms with Crippen LogP contribution in [-0.2, 0) is 22.6 Å². The average Bonchev–Trinajstić information content (AvgIpc) is 2.74. The van der Waals surface area contributed by atoms with E-state index < -0.39 is 6.10 Å². The smallest absolute Gasteiger partial charge is 0.347 e. The molecular formula is C24H24O4. The van der Waals surface area contributed by atoms with Crippen LogP contribution in [0.4, 0.5) is 0 Å². The second kappa shape index (κ2) is 10.2. The summed E-state index contributed by atoms with van der Waals surface area (Å²) in [7, 11) is 0. The summed E-state index contributed by atoms with van der Waals surface area (Å²) in [6, 6.07) is 27.0. The van der Waals surface area contributed by atoms with Gasteiger partial charge in [-0.05, 0) is 30.2 Å². The highest BCUT2D eigenvalue weighted by Gasteiger charge is 2.24. The van der Waals surface area contributed by atoms with Crippen molar-refractivity contribution in [2.45, 2.75) is 26.1 Å². The van der Waals surface area contributed by atoms with E-state index in [1.54, 1.807) is 13.0 Å². The van der Waals surface area contributed by atoms with E-state index in [1.165, 1.54) is 0 Å². The average molecular weight is 376 g/mol. The first-order valence-corrected chi connectivity index (χ1v) is 9.39. The molecule has 0 aliphatic heterocycles. The lowest BCUT2D eigenvalue weighted by molar-refractivity contribution is -0.151. The van der Waals surface area contributed by atoms with E-state index >= 15 is 0 Å². The van der Waals surface area contributed by atoms with Crippen molar-refractivity contribution in [2.24, 2.45) is 0 Å². The van der Waals surface area contributed by atoms with Crippen LogP contribution in [0.25, 0.3) is 0 Å². The van der Waals surface area contributed by atoms with Gasteiger partial charge in [0, 0.05) is 6.42 Å². The maximum absolute atomic E-state index is 12.5.